The van der Waals surface area contributed by atoms with Crippen LogP contribution in [0.25, 0.3) is 22.2 Å². The fourth-order valence-electron chi connectivity index (χ4n) is 4.86. The molecule has 3 N–H and O–H groups in total. The highest BCUT2D eigenvalue weighted by atomic mass is 16.5. The van der Waals surface area contributed by atoms with Gasteiger partial charge in [-0.1, -0.05) is 12.1 Å². The van der Waals surface area contributed by atoms with Gasteiger partial charge in [-0.3, -0.25) is 19.3 Å². The molecule has 1 fully saturated rings. The summed E-state index contributed by atoms with van der Waals surface area (Å²) in [5.74, 6) is 0.859. The molecular formula is C27H35N9O3. The molecule has 1 aliphatic rings. The van der Waals surface area contributed by atoms with Crippen molar-refractivity contribution >= 4 is 34.1 Å². The van der Waals surface area contributed by atoms with E-state index in [1.54, 1.807) is 31.3 Å². The molecule has 1 atom stereocenters. The molecule has 12 nitrogen and oxygen atoms in total. The maximum Gasteiger partial charge on any atom is 0.256 e. The molecule has 1 amide bonds. The van der Waals surface area contributed by atoms with Crippen LogP contribution in [0.4, 0.5) is 17.3 Å². The lowest BCUT2D eigenvalue weighted by Gasteiger charge is -2.37. The molecule has 12 heteroatoms. The van der Waals surface area contributed by atoms with Crippen molar-refractivity contribution in [2.45, 2.75) is 13.0 Å². The first-order valence-electron chi connectivity index (χ1n) is 13.0. The van der Waals surface area contributed by atoms with Gasteiger partial charge in [-0.2, -0.15) is 0 Å². The number of nitrogens with zero attached hydrogens (tertiary/aromatic N) is 6. The molecular weight excluding hydrogens is 498 g/mol. The standard InChI is InChI=1S/C27H35N9O3/c1-18(36-12-10-35(11-13-36)14-15-38-3)25(37)30-22-7-5-6-19-20(16-29-24(19)22)21-8-9-28-27(31-21)32-23-17-34(2)33-26(23)39-4/h5-9,16-18,29H,10-15H2,1-4H3,(H,30,37)(H,28,31,32)/t18-/m1/s1. The largest absolute Gasteiger partial charge is 0.478 e. The van der Waals surface area contributed by atoms with E-state index in [9.17, 15) is 4.79 Å². The molecule has 3 aromatic heterocycles. The maximum absolute atomic E-state index is 13.2. The Bertz CT molecular complexity index is 1430. The highest BCUT2D eigenvalue weighted by Gasteiger charge is 2.26. The Hall–Kier alpha value is -4.00. The smallest absolute Gasteiger partial charge is 0.256 e. The van der Waals surface area contributed by atoms with E-state index >= 15 is 0 Å². The third-order valence-corrected chi connectivity index (χ3v) is 7.09. The topological polar surface area (TPSA) is 125 Å². The Morgan fingerprint density at radius 3 is 2.74 bits per heavy atom. The summed E-state index contributed by atoms with van der Waals surface area (Å²) in [7, 11) is 5.11. The lowest BCUT2D eigenvalue weighted by molar-refractivity contribution is -0.121. The van der Waals surface area contributed by atoms with E-state index in [-0.39, 0.29) is 11.9 Å². The average Bonchev–Trinajstić information content (AvgIpc) is 3.55. The van der Waals surface area contributed by atoms with Gasteiger partial charge in [0, 0.05) is 70.2 Å². The van der Waals surface area contributed by atoms with Crippen molar-refractivity contribution in [2.24, 2.45) is 7.05 Å². The molecule has 1 aromatic carbocycles. The molecule has 0 radical (unpaired) electrons. The molecule has 4 heterocycles. The highest BCUT2D eigenvalue weighted by molar-refractivity contribution is 6.06. The number of fused-ring (bicyclic) bond motifs is 1. The number of amides is 1. The quantitative estimate of drug-likeness (QED) is 0.282. The third kappa shape index (κ3) is 5.87. The average molecular weight is 534 g/mol. The van der Waals surface area contributed by atoms with Gasteiger partial charge < -0.3 is 25.1 Å². The number of hydrogen-bond acceptors (Lipinski definition) is 9. The highest BCUT2D eigenvalue weighted by Crippen LogP contribution is 2.32. The fourth-order valence-corrected chi connectivity index (χ4v) is 4.86. The summed E-state index contributed by atoms with van der Waals surface area (Å²) in [6.45, 7) is 7.18. The van der Waals surface area contributed by atoms with Crippen LogP contribution >= 0.6 is 0 Å². The van der Waals surface area contributed by atoms with Gasteiger partial charge in [-0.25, -0.2) is 9.97 Å². The Labute approximate surface area is 227 Å². The van der Waals surface area contributed by atoms with Crippen LogP contribution in [0, 0.1) is 0 Å². The second-order valence-electron chi connectivity index (χ2n) is 9.58. The zero-order valence-corrected chi connectivity index (χ0v) is 22.8. The number of aryl methyl sites for hydroxylation is 1. The van der Waals surface area contributed by atoms with Crippen molar-refractivity contribution < 1.29 is 14.3 Å². The first kappa shape index (κ1) is 26.6. The van der Waals surface area contributed by atoms with Crippen molar-refractivity contribution in [1.82, 2.24) is 34.5 Å². The van der Waals surface area contributed by atoms with Crippen LogP contribution in [0.5, 0.6) is 5.88 Å². The Balaban J connectivity index is 1.30. The van der Waals surface area contributed by atoms with Crippen LogP contribution in [-0.4, -0.2) is 100 Å². The first-order valence-corrected chi connectivity index (χ1v) is 13.0. The number of aromatic amines is 1. The van der Waals surface area contributed by atoms with Gasteiger partial charge in [0.05, 0.1) is 42.9 Å². The lowest BCUT2D eigenvalue weighted by atomic mass is 10.1. The SMILES string of the molecule is COCCN1CCN([C@H](C)C(=O)Nc2cccc3c(-c4ccnc(Nc5cn(C)nc5OC)n4)c[nH]c23)CC1. The summed E-state index contributed by atoms with van der Waals surface area (Å²) in [6, 6.07) is 7.49. The predicted molar refractivity (Wildman–Crippen MR) is 150 cm³/mol. The van der Waals surface area contributed by atoms with E-state index < -0.39 is 0 Å². The number of para-hydroxylation sites is 1. The predicted octanol–water partition coefficient (Wildman–Crippen LogP) is 2.70. The molecule has 4 aromatic rings. The number of carbonyl (C=O) groups is 1. The number of anilines is 3. The monoisotopic (exact) mass is 533 g/mol. The van der Waals surface area contributed by atoms with E-state index in [2.05, 4.69) is 35.5 Å². The normalized spacial score (nSPS) is 15.4. The van der Waals surface area contributed by atoms with Gasteiger partial charge >= 0.3 is 0 Å². The first-order chi connectivity index (χ1) is 19.0. The second-order valence-corrected chi connectivity index (χ2v) is 9.58. The van der Waals surface area contributed by atoms with E-state index in [4.69, 9.17) is 14.5 Å². The summed E-state index contributed by atoms with van der Waals surface area (Å²) in [4.78, 5) is 30.2. The zero-order chi connectivity index (χ0) is 27.4. The number of piperazine rings is 1. The van der Waals surface area contributed by atoms with Crippen LogP contribution in [0.1, 0.15) is 6.92 Å². The van der Waals surface area contributed by atoms with E-state index in [1.165, 1.54) is 0 Å². The van der Waals surface area contributed by atoms with Crippen LogP contribution in [0.3, 0.4) is 0 Å². The summed E-state index contributed by atoms with van der Waals surface area (Å²) < 4.78 is 12.2. The molecule has 5 rings (SSSR count). The van der Waals surface area contributed by atoms with Crippen molar-refractivity contribution in [2.75, 3.05) is 64.2 Å². The van der Waals surface area contributed by atoms with Gasteiger partial charge in [0.1, 0.15) is 5.69 Å². The van der Waals surface area contributed by atoms with Crippen molar-refractivity contribution in [3.63, 3.8) is 0 Å². The summed E-state index contributed by atoms with van der Waals surface area (Å²) in [6.07, 6.45) is 5.41. The number of aromatic nitrogens is 5. The van der Waals surface area contributed by atoms with E-state index in [0.29, 0.717) is 17.5 Å². The van der Waals surface area contributed by atoms with Crippen molar-refractivity contribution in [3.8, 4) is 17.1 Å². The maximum atomic E-state index is 13.2. The number of hydrogen-bond donors (Lipinski definition) is 3. The van der Waals surface area contributed by atoms with Crippen LogP contribution in [0.15, 0.2) is 42.9 Å². The minimum Gasteiger partial charge on any atom is -0.478 e. The number of rotatable bonds is 10. The minimum absolute atomic E-state index is 0.0251. The van der Waals surface area contributed by atoms with Gasteiger partial charge in [0.2, 0.25) is 11.9 Å². The molecule has 0 saturated carbocycles. The summed E-state index contributed by atoms with van der Waals surface area (Å²) >= 11 is 0. The number of methoxy groups -OCH3 is 2. The zero-order valence-electron chi connectivity index (χ0n) is 22.8. The molecule has 1 aliphatic heterocycles. The number of nitrogens with one attached hydrogen (secondary N) is 3. The van der Waals surface area contributed by atoms with Crippen LogP contribution < -0.4 is 15.4 Å². The minimum atomic E-state index is -0.237. The Kier molecular flexibility index (Phi) is 8.05. The van der Waals surface area contributed by atoms with Crippen LogP contribution in [0.2, 0.25) is 0 Å². The third-order valence-electron chi connectivity index (χ3n) is 7.09. The van der Waals surface area contributed by atoms with Crippen molar-refractivity contribution in [1.29, 1.82) is 0 Å². The summed E-state index contributed by atoms with van der Waals surface area (Å²) in [5, 5.41) is 11.5. The Morgan fingerprint density at radius 2 is 1.97 bits per heavy atom. The summed E-state index contributed by atoms with van der Waals surface area (Å²) in [5.41, 5.74) is 3.91. The lowest BCUT2D eigenvalue weighted by Crippen LogP contribution is -2.53. The van der Waals surface area contributed by atoms with Gasteiger partial charge in [0.15, 0.2) is 0 Å². The van der Waals surface area contributed by atoms with Crippen LogP contribution in [-0.2, 0) is 16.6 Å². The molecule has 0 bridgehead atoms. The molecule has 1 saturated heterocycles. The molecule has 0 spiro atoms. The number of H-pyrrole nitrogens is 1. The number of benzene rings is 1. The molecule has 0 unspecified atom stereocenters. The van der Waals surface area contributed by atoms with E-state index in [1.807, 2.05) is 44.4 Å². The fraction of sp³-hybridized carbons (Fsp3) is 0.407. The second kappa shape index (κ2) is 11.8. The van der Waals surface area contributed by atoms with Gasteiger partial charge in [0.25, 0.3) is 5.88 Å². The molecule has 39 heavy (non-hydrogen) atoms. The molecule has 206 valence electrons. The Morgan fingerprint density at radius 1 is 1.15 bits per heavy atom. The number of ether oxygens (including phenoxy) is 2. The van der Waals surface area contributed by atoms with Gasteiger partial charge in [-0.15, -0.1) is 5.10 Å². The molecule has 0 aliphatic carbocycles. The van der Waals surface area contributed by atoms with E-state index in [0.717, 1.165) is 67.2 Å². The van der Waals surface area contributed by atoms with Gasteiger partial charge in [-0.05, 0) is 19.1 Å². The van der Waals surface area contributed by atoms with Crippen molar-refractivity contribution in [3.05, 3.63) is 42.9 Å². The number of carbonyl (C=O) groups excluding carboxylic acids is 1.